The Bertz CT molecular complexity index is 1120. The molecule has 0 bridgehead atoms. The molecule has 132 valence electrons. The number of rotatable bonds is 3. The van der Waals surface area contributed by atoms with E-state index in [-0.39, 0.29) is 0 Å². The molecule has 2 heterocycles. The molecule has 5 heteroatoms. The number of aromatic nitrogens is 3. The summed E-state index contributed by atoms with van der Waals surface area (Å²) in [7, 11) is 1.95. The maximum Gasteiger partial charge on any atom is 0.0870 e. The van der Waals surface area contributed by atoms with Crippen LogP contribution in [0.1, 0.15) is 17.0 Å². The summed E-state index contributed by atoms with van der Waals surface area (Å²) in [4.78, 5) is 2.50. The van der Waals surface area contributed by atoms with Crippen LogP contribution in [0.4, 0.5) is 0 Å². The zero-order chi connectivity index (χ0) is 18.4. The Hall–Kier alpha value is -2.17. The van der Waals surface area contributed by atoms with Gasteiger partial charge in [0, 0.05) is 39.1 Å². The fourth-order valence-corrected chi connectivity index (χ4v) is 4.72. The first kappa shape index (κ1) is 17.3. The van der Waals surface area contributed by atoms with Crippen LogP contribution < -0.4 is 0 Å². The van der Waals surface area contributed by atoms with Crippen molar-refractivity contribution in [2.24, 2.45) is 7.05 Å². The highest BCUT2D eigenvalue weighted by atomic mass is 35.5. The van der Waals surface area contributed by atoms with Crippen molar-refractivity contribution in [1.29, 1.82) is 0 Å². The van der Waals surface area contributed by atoms with E-state index in [0.717, 1.165) is 21.9 Å². The number of aryl methyl sites for hydroxylation is 3. The fourth-order valence-electron chi connectivity index (χ4n) is 3.40. The van der Waals surface area contributed by atoms with Crippen LogP contribution in [0.25, 0.3) is 16.6 Å². The largest absolute Gasteiger partial charge is 0.309 e. The molecule has 0 atom stereocenters. The van der Waals surface area contributed by atoms with E-state index in [1.807, 2.05) is 30.8 Å². The highest BCUT2D eigenvalue weighted by Gasteiger charge is 2.19. The van der Waals surface area contributed by atoms with Crippen molar-refractivity contribution in [2.75, 3.05) is 0 Å². The molecule has 4 rings (SSSR count). The van der Waals surface area contributed by atoms with E-state index < -0.39 is 0 Å². The van der Waals surface area contributed by atoms with E-state index in [0.29, 0.717) is 0 Å². The second kappa shape index (κ2) is 6.53. The van der Waals surface area contributed by atoms with Crippen LogP contribution in [-0.2, 0) is 7.05 Å². The first-order chi connectivity index (χ1) is 12.4. The number of fused-ring (bicyclic) bond motifs is 1. The summed E-state index contributed by atoms with van der Waals surface area (Å²) in [5, 5.41) is 6.47. The minimum absolute atomic E-state index is 0.741. The van der Waals surface area contributed by atoms with Crippen molar-refractivity contribution in [2.45, 2.75) is 30.6 Å². The van der Waals surface area contributed by atoms with Crippen molar-refractivity contribution in [1.82, 2.24) is 14.3 Å². The molecule has 0 fully saturated rings. The Morgan fingerprint density at radius 1 is 1.04 bits per heavy atom. The molecule has 0 saturated heterocycles. The lowest BCUT2D eigenvalue weighted by Gasteiger charge is -2.07. The van der Waals surface area contributed by atoms with Gasteiger partial charge in [-0.1, -0.05) is 47.1 Å². The van der Waals surface area contributed by atoms with Crippen molar-refractivity contribution in [3.05, 3.63) is 70.6 Å². The third-order valence-electron chi connectivity index (χ3n) is 4.55. The highest BCUT2D eigenvalue weighted by Crippen LogP contribution is 2.40. The minimum atomic E-state index is 0.741. The predicted molar refractivity (Wildman–Crippen MR) is 110 cm³/mol. The van der Waals surface area contributed by atoms with Gasteiger partial charge in [-0.3, -0.25) is 4.68 Å². The van der Waals surface area contributed by atoms with Gasteiger partial charge in [0.25, 0.3) is 0 Å². The van der Waals surface area contributed by atoms with Crippen molar-refractivity contribution < 1.29 is 0 Å². The quantitative estimate of drug-likeness (QED) is 0.428. The summed E-state index contributed by atoms with van der Waals surface area (Å²) >= 11 is 8.13. The standard InChI is InChI=1S/C21H20ClN3S/c1-13-6-5-7-17(10-13)26-21-15(3)25(20-12-24(4)23-14(20)2)19-11-16(22)8-9-18(19)21/h5-12H,1-4H3. The summed E-state index contributed by atoms with van der Waals surface area (Å²) in [6.45, 7) is 6.33. The third-order valence-corrected chi connectivity index (χ3v) is 5.99. The van der Waals surface area contributed by atoms with Gasteiger partial charge < -0.3 is 4.57 Å². The maximum absolute atomic E-state index is 6.32. The van der Waals surface area contributed by atoms with E-state index >= 15 is 0 Å². The van der Waals surface area contributed by atoms with E-state index in [4.69, 9.17) is 11.6 Å². The SMILES string of the molecule is Cc1cccc(Sc2c(C)n(-c3cn(C)nc3C)c3cc(Cl)ccc23)c1. The third kappa shape index (κ3) is 2.93. The molecule has 26 heavy (non-hydrogen) atoms. The first-order valence-corrected chi connectivity index (χ1v) is 9.69. The smallest absolute Gasteiger partial charge is 0.0870 e. The summed E-state index contributed by atoms with van der Waals surface area (Å²) in [5.74, 6) is 0. The molecule has 4 aromatic rings. The number of halogens is 1. The first-order valence-electron chi connectivity index (χ1n) is 8.50. The molecule has 0 saturated carbocycles. The molecule has 0 aliphatic heterocycles. The number of hydrogen-bond acceptors (Lipinski definition) is 2. The molecule has 0 N–H and O–H groups in total. The van der Waals surface area contributed by atoms with Crippen LogP contribution in [0.15, 0.2) is 58.5 Å². The lowest BCUT2D eigenvalue weighted by atomic mass is 10.2. The van der Waals surface area contributed by atoms with Crippen molar-refractivity contribution in [3.8, 4) is 5.69 Å². The fraction of sp³-hybridized carbons (Fsp3) is 0.190. The maximum atomic E-state index is 6.32. The van der Waals surface area contributed by atoms with Gasteiger partial charge in [-0.05, 0) is 45.0 Å². The van der Waals surface area contributed by atoms with Crippen molar-refractivity contribution in [3.63, 3.8) is 0 Å². The molecule has 0 spiro atoms. The van der Waals surface area contributed by atoms with Crippen LogP contribution in [0.5, 0.6) is 0 Å². The minimum Gasteiger partial charge on any atom is -0.309 e. The Kier molecular flexibility index (Phi) is 4.33. The molecule has 0 amide bonds. The highest BCUT2D eigenvalue weighted by molar-refractivity contribution is 7.99. The van der Waals surface area contributed by atoms with Gasteiger partial charge in [-0.25, -0.2) is 0 Å². The van der Waals surface area contributed by atoms with E-state index in [1.54, 1.807) is 11.8 Å². The molecule has 0 aliphatic carbocycles. The molecule has 2 aromatic carbocycles. The zero-order valence-electron chi connectivity index (χ0n) is 15.2. The molecule has 0 aliphatic rings. The number of hydrogen-bond donors (Lipinski definition) is 0. The van der Waals surface area contributed by atoms with Crippen LogP contribution in [0.3, 0.4) is 0 Å². The van der Waals surface area contributed by atoms with Crippen molar-refractivity contribution >= 4 is 34.3 Å². The molecule has 2 aromatic heterocycles. The van der Waals surface area contributed by atoms with Crippen LogP contribution >= 0.6 is 23.4 Å². The molecule has 0 radical (unpaired) electrons. The van der Waals surface area contributed by atoms with Crippen LogP contribution in [0.2, 0.25) is 5.02 Å². The Balaban J connectivity index is 1.97. The van der Waals surface area contributed by atoms with E-state index in [1.165, 1.54) is 26.4 Å². The average Bonchev–Trinajstić information content (AvgIpc) is 3.04. The number of benzene rings is 2. The van der Waals surface area contributed by atoms with E-state index in [2.05, 4.69) is 60.0 Å². The summed E-state index contributed by atoms with van der Waals surface area (Å²) in [5.41, 5.74) is 5.67. The van der Waals surface area contributed by atoms with Crippen LogP contribution in [-0.4, -0.2) is 14.3 Å². The second-order valence-corrected chi connectivity index (χ2v) is 8.12. The lowest BCUT2D eigenvalue weighted by Crippen LogP contribution is -1.97. The monoisotopic (exact) mass is 381 g/mol. The molecular formula is C21H20ClN3S. The summed E-state index contributed by atoms with van der Waals surface area (Å²) in [6, 6.07) is 14.7. The topological polar surface area (TPSA) is 22.8 Å². The Morgan fingerprint density at radius 2 is 1.85 bits per heavy atom. The Morgan fingerprint density at radius 3 is 2.54 bits per heavy atom. The Labute approximate surface area is 162 Å². The molecular weight excluding hydrogens is 362 g/mol. The zero-order valence-corrected chi connectivity index (χ0v) is 16.8. The van der Waals surface area contributed by atoms with Gasteiger partial charge in [-0.2, -0.15) is 5.10 Å². The number of nitrogens with zero attached hydrogens (tertiary/aromatic N) is 3. The van der Waals surface area contributed by atoms with Gasteiger partial charge in [0.2, 0.25) is 0 Å². The summed E-state index contributed by atoms with van der Waals surface area (Å²) < 4.78 is 4.12. The molecule has 3 nitrogen and oxygen atoms in total. The predicted octanol–water partition coefficient (Wildman–Crippen LogP) is 6.09. The van der Waals surface area contributed by atoms with Gasteiger partial charge in [0.1, 0.15) is 0 Å². The van der Waals surface area contributed by atoms with Gasteiger partial charge in [0.05, 0.1) is 16.9 Å². The van der Waals surface area contributed by atoms with Gasteiger partial charge >= 0.3 is 0 Å². The van der Waals surface area contributed by atoms with Gasteiger partial charge in [-0.15, -0.1) is 0 Å². The average molecular weight is 382 g/mol. The van der Waals surface area contributed by atoms with E-state index in [9.17, 15) is 0 Å². The van der Waals surface area contributed by atoms with Gasteiger partial charge in [0.15, 0.2) is 0 Å². The normalized spacial score (nSPS) is 11.4. The van der Waals surface area contributed by atoms with Crippen LogP contribution in [0, 0.1) is 20.8 Å². The second-order valence-electron chi connectivity index (χ2n) is 6.60. The summed E-state index contributed by atoms with van der Waals surface area (Å²) in [6.07, 6.45) is 2.06. The lowest BCUT2D eigenvalue weighted by molar-refractivity contribution is 0.756. The molecule has 0 unspecified atom stereocenters.